The van der Waals surface area contributed by atoms with Crippen molar-refractivity contribution in [2.75, 3.05) is 12.0 Å². The average molecular weight is 514 g/mol. The first-order chi connectivity index (χ1) is 16.4. The number of aromatic nitrogens is 2. The molecule has 9 N–H and O–H groups in total. The molecule has 0 spiro atoms. The number of imidazole rings is 1. The third-order valence-electron chi connectivity index (χ3n) is 4.94. The summed E-state index contributed by atoms with van der Waals surface area (Å²) in [6, 6.07) is -4.67. The summed E-state index contributed by atoms with van der Waals surface area (Å²) in [6.45, 7) is 3.58. The molecule has 1 heterocycles. The second-order valence-electron chi connectivity index (χ2n) is 8.49. The fourth-order valence-electron chi connectivity index (χ4n) is 3.13. The van der Waals surface area contributed by atoms with Gasteiger partial charge in [0.15, 0.2) is 0 Å². The lowest BCUT2D eigenvalue weighted by atomic mass is 10.0. The third kappa shape index (κ3) is 11.2. The van der Waals surface area contributed by atoms with E-state index in [9.17, 15) is 29.1 Å². The van der Waals surface area contributed by atoms with Gasteiger partial charge in [0.05, 0.1) is 18.8 Å². The Labute approximate surface area is 207 Å². The molecule has 0 aliphatic heterocycles. The number of H-pyrrole nitrogens is 1. The van der Waals surface area contributed by atoms with Crippen LogP contribution in [-0.4, -0.2) is 80.8 Å². The molecule has 0 aliphatic rings. The quantitative estimate of drug-likeness (QED) is 0.136. The molecule has 4 unspecified atom stereocenters. The van der Waals surface area contributed by atoms with Crippen LogP contribution in [0.2, 0.25) is 0 Å². The van der Waals surface area contributed by atoms with Crippen LogP contribution in [0, 0.1) is 5.92 Å². The van der Waals surface area contributed by atoms with Gasteiger partial charge in [0.25, 0.3) is 0 Å². The van der Waals surface area contributed by atoms with Gasteiger partial charge in [-0.05, 0) is 30.8 Å². The fourth-order valence-corrected chi connectivity index (χ4v) is 3.62. The van der Waals surface area contributed by atoms with Gasteiger partial charge in [-0.25, -0.2) is 9.78 Å². The molecule has 14 heteroatoms. The van der Waals surface area contributed by atoms with E-state index in [1.165, 1.54) is 24.3 Å². The number of carboxylic acid groups (broad SMARTS) is 1. The minimum Gasteiger partial charge on any atom is -0.480 e. The molecule has 0 aromatic carbocycles. The van der Waals surface area contributed by atoms with E-state index < -0.39 is 60.2 Å². The van der Waals surface area contributed by atoms with Crippen molar-refractivity contribution in [2.24, 2.45) is 17.4 Å². The number of rotatable bonds is 16. The first kappa shape index (κ1) is 29.9. The lowest BCUT2D eigenvalue weighted by Crippen LogP contribution is -2.58. The zero-order chi connectivity index (χ0) is 26.5. The molecule has 35 heavy (non-hydrogen) atoms. The standard InChI is InChI=1S/C21H35N7O6S/c1-11(2)6-16(21(33)34)28-20(32)15(8-17(23)29)27-19(31)14(7-12-9-24-10-25-12)26-18(30)13(22)4-5-35-3/h9-11,13-16H,4-8,22H2,1-3H3,(H2,23,29)(H,24,25)(H,26,30)(H,27,31)(H,28,32)(H,33,34). The van der Waals surface area contributed by atoms with Crippen LogP contribution in [-0.2, 0) is 30.4 Å². The lowest BCUT2D eigenvalue weighted by Gasteiger charge is -2.25. The second-order valence-corrected chi connectivity index (χ2v) is 9.48. The number of carbonyl (C=O) groups excluding carboxylic acids is 4. The van der Waals surface area contributed by atoms with Gasteiger partial charge >= 0.3 is 5.97 Å². The number of primary amides is 1. The Kier molecular flexibility index (Phi) is 12.8. The molecule has 0 fully saturated rings. The van der Waals surface area contributed by atoms with Gasteiger partial charge in [0.2, 0.25) is 23.6 Å². The van der Waals surface area contributed by atoms with Crippen molar-refractivity contribution in [1.29, 1.82) is 0 Å². The zero-order valence-electron chi connectivity index (χ0n) is 20.1. The van der Waals surface area contributed by atoms with Crippen molar-refractivity contribution in [3.8, 4) is 0 Å². The van der Waals surface area contributed by atoms with Crippen LogP contribution in [0.4, 0.5) is 0 Å². The molecular formula is C21H35N7O6S. The molecule has 0 radical (unpaired) electrons. The average Bonchev–Trinajstić information content (AvgIpc) is 3.28. The maximum atomic E-state index is 13.1. The topological polar surface area (TPSA) is 222 Å². The van der Waals surface area contributed by atoms with Crippen LogP contribution in [0.3, 0.4) is 0 Å². The van der Waals surface area contributed by atoms with Gasteiger partial charge in [-0.2, -0.15) is 11.8 Å². The fraction of sp³-hybridized carbons (Fsp3) is 0.619. The van der Waals surface area contributed by atoms with E-state index in [2.05, 4.69) is 25.9 Å². The van der Waals surface area contributed by atoms with Crippen molar-refractivity contribution in [1.82, 2.24) is 25.9 Å². The highest BCUT2D eigenvalue weighted by Gasteiger charge is 2.31. The molecule has 196 valence electrons. The van der Waals surface area contributed by atoms with Crippen molar-refractivity contribution >= 4 is 41.4 Å². The number of aromatic amines is 1. The van der Waals surface area contributed by atoms with Gasteiger partial charge in [0, 0.05) is 18.3 Å². The van der Waals surface area contributed by atoms with Gasteiger partial charge in [-0.15, -0.1) is 0 Å². The van der Waals surface area contributed by atoms with E-state index in [0.29, 0.717) is 17.9 Å². The van der Waals surface area contributed by atoms with Crippen molar-refractivity contribution in [3.05, 3.63) is 18.2 Å². The van der Waals surface area contributed by atoms with Crippen LogP contribution < -0.4 is 27.4 Å². The van der Waals surface area contributed by atoms with Gasteiger partial charge in [-0.1, -0.05) is 13.8 Å². The van der Waals surface area contributed by atoms with E-state index in [4.69, 9.17) is 11.5 Å². The first-order valence-corrected chi connectivity index (χ1v) is 12.5. The van der Waals surface area contributed by atoms with Crippen molar-refractivity contribution in [2.45, 2.75) is 63.7 Å². The Morgan fingerprint density at radius 1 is 1.06 bits per heavy atom. The van der Waals surface area contributed by atoms with E-state index in [-0.39, 0.29) is 18.8 Å². The number of thioether (sulfide) groups is 1. The zero-order valence-corrected chi connectivity index (χ0v) is 20.9. The monoisotopic (exact) mass is 513 g/mol. The predicted molar refractivity (Wildman–Crippen MR) is 130 cm³/mol. The molecule has 1 rings (SSSR count). The molecule has 1 aromatic rings. The molecular weight excluding hydrogens is 478 g/mol. The van der Waals surface area contributed by atoms with Crippen molar-refractivity contribution < 1.29 is 29.1 Å². The number of hydrogen-bond donors (Lipinski definition) is 7. The molecule has 4 atom stereocenters. The molecule has 0 bridgehead atoms. The maximum absolute atomic E-state index is 13.1. The molecule has 0 saturated heterocycles. The largest absolute Gasteiger partial charge is 0.480 e. The molecule has 0 saturated carbocycles. The van der Waals surface area contributed by atoms with Crippen LogP contribution >= 0.6 is 11.8 Å². The number of carbonyl (C=O) groups is 5. The summed E-state index contributed by atoms with van der Waals surface area (Å²) in [7, 11) is 0. The first-order valence-electron chi connectivity index (χ1n) is 11.1. The van der Waals surface area contributed by atoms with E-state index in [0.717, 1.165) is 0 Å². The molecule has 4 amide bonds. The second kappa shape index (κ2) is 15.0. The third-order valence-corrected chi connectivity index (χ3v) is 5.59. The number of nitrogens with zero attached hydrogens (tertiary/aromatic N) is 1. The Morgan fingerprint density at radius 3 is 2.17 bits per heavy atom. The highest BCUT2D eigenvalue weighted by atomic mass is 32.2. The minimum atomic E-state index is -1.44. The van der Waals surface area contributed by atoms with Crippen LogP contribution in [0.5, 0.6) is 0 Å². The Morgan fingerprint density at radius 2 is 1.66 bits per heavy atom. The number of nitrogens with one attached hydrogen (secondary N) is 4. The summed E-state index contributed by atoms with van der Waals surface area (Å²) < 4.78 is 0. The molecule has 1 aromatic heterocycles. The smallest absolute Gasteiger partial charge is 0.326 e. The number of aliphatic carboxylic acids is 1. The lowest BCUT2D eigenvalue weighted by molar-refractivity contribution is -0.143. The summed E-state index contributed by atoms with van der Waals surface area (Å²) in [5, 5.41) is 16.7. The summed E-state index contributed by atoms with van der Waals surface area (Å²) in [6.07, 6.45) is 4.72. The normalized spacial score (nSPS) is 14.4. The molecule has 13 nitrogen and oxygen atoms in total. The minimum absolute atomic E-state index is 0.00281. The number of carboxylic acids is 1. The summed E-state index contributed by atoms with van der Waals surface area (Å²) >= 11 is 1.52. The Hall–Kier alpha value is -3.13. The SMILES string of the molecule is CSCCC(N)C(=O)NC(Cc1cnc[nH]1)C(=O)NC(CC(N)=O)C(=O)NC(CC(C)C)C(=O)O. The maximum Gasteiger partial charge on any atom is 0.326 e. The Bertz CT molecular complexity index is 864. The predicted octanol–water partition coefficient (Wildman–Crippen LogP) is -1.51. The van der Waals surface area contributed by atoms with Gasteiger partial charge < -0.3 is 37.5 Å². The molecule has 0 aliphatic carbocycles. The number of nitrogens with two attached hydrogens (primary N) is 2. The summed E-state index contributed by atoms with van der Waals surface area (Å²) in [5.41, 5.74) is 11.7. The highest BCUT2D eigenvalue weighted by Crippen LogP contribution is 2.07. The number of amides is 4. The summed E-state index contributed by atoms with van der Waals surface area (Å²) in [4.78, 5) is 68.2. The van der Waals surface area contributed by atoms with Crippen molar-refractivity contribution in [3.63, 3.8) is 0 Å². The number of hydrogen-bond acceptors (Lipinski definition) is 8. The highest BCUT2D eigenvalue weighted by molar-refractivity contribution is 7.98. The van der Waals surface area contributed by atoms with Crippen LogP contribution in [0.15, 0.2) is 12.5 Å². The Balaban J connectivity index is 3.03. The van der Waals surface area contributed by atoms with E-state index >= 15 is 0 Å². The summed E-state index contributed by atoms with van der Waals surface area (Å²) in [5.74, 6) is -3.74. The van der Waals surface area contributed by atoms with E-state index in [1.54, 1.807) is 13.8 Å². The van der Waals surface area contributed by atoms with Gasteiger partial charge in [0.1, 0.15) is 18.1 Å². The van der Waals surface area contributed by atoms with E-state index in [1.807, 2.05) is 6.26 Å². The van der Waals surface area contributed by atoms with Gasteiger partial charge in [-0.3, -0.25) is 19.2 Å². The van der Waals surface area contributed by atoms with Crippen LogP contribution in [0.25, 0.3) is 0 Å². The van der Waals surface area contributed by atoms with Crippen LogP contribution in [0.1, 0.15) is 38.8 Å².